The van der Waals surface area contributed by atoms with E-state index in [-0.39, 0.29) is 5.91 Å². The summed E-state index contributed by atoms with van der Waals surface area (Å²) in [6, 6.07) is 7.75. The van der Waals surface area contributed by atoms with Gasteiger partial charge in [-0.3, -0.25) is 9.79 Å². The largest absolute Gasteiger partial charge is 0.360 e. The number of amides is 1. The lowest BCUT2D eigenvalue weighted by molar-refractivity contribution is -0.114. The smallest absolute Gasteiger partial charge is 0.221 e. The third-order valence-corrected chi connectivity index (χ3v) is 2.97. The van der Waals surface area contributed by atoms with Crippen LogP contribution >= 0.6 is 0 Å². The summed E-state index contributed by atoms with van der Waals surface area (Å²) < 4.78 is 0. The Hall–Kier alpha value is -2.10. The molecule has 1 amide bonds. The van der Waals surface area contributed by atoms with Crippen molar-refractivity contribution in [2.24, 2.45) is 4.99 Å². The van der Waals surface area contributed by atoms with Gasteiger partial charge in [0, 0.05) is 32.7 Å². The second-order valence-electron chi connectivity index (χ2n) is 4.65. The van der Waals surface area contributed by atoms with Crippen molar-refractivity contribution < 1.29 is 4.79 Å². The Bertz CT molecular complexity index is 503. The van der Waals surface area contributed by atoms with Crippen LogP contribution in [0, 0.1) is 0 Å². The van der Waals surface area contributed by atoms with Crippen molar-refractivity contribution in [3.05, 3.63) is 35.9 Å². The van der Waals surface area contributed by atoms with Gasteiger partial charge in [-0.05, 0) is 30.2 Å². The monoisotopic (exact) mass is 257 g/mol. The normalized spacial score (nSPS) is 15.5. The number of aliphatic imine (C=N–C) groups is 1. The van der Waals surface area contributed by atoms with Crippen LogP contribution in [0.1, 0.15) is 18.9 Å². The van der Waals surface area contributed by atoms with E-state index in [2.05, 4.69) is 22.3 Å². The fourth-order valence-electron chi connectivity index (χ4n) is 1.97. The van der Waals surface area contributed by atoms with Crippen LogP contribution in [0.25, 0.3) is 6.08 Å². The molecule has 19 heavy (non-hydrogen) atoms. The minimum absolute atomic E-state index is 0.0542. The number of nitrogens with one attached hydrogen (secondary N) is 1. The molecule has 1 N–H and O–H groups in total. The Kier molecular flexibility index (Phi) is 4.34. The molecule has 0 aliphatic carbocycles. The Morgan fingerprint density at radius 2 is 2.05 bits per heavy atom. The van der Waals surface area contributed by atoms with Crippen LogP contribution in [0.4, 0.5) is 5.69 Å². The molecule has 4 nitrogen and oxygen atoms in total. The molecule has 2 rings (SSSR count). The van der Waals surface area contributed by atoms with Gasteiger partial charge in [0.15, 0.2) is 0 Å². The van der Waals surface area contributed by atoms with E-state index < -0.39 is 0 Å². The quantitative estimate of drug-likeness (QED) is 0.903. The molecule has 1 aliphatic rings. The molecule has 0 saturated carbocycles. The van der Waals surface area contributed by atoms with Gasteiger partial charge in [0.05, 0.1) is 0 Å². The fraction of sp³-hybridized carbons (Fsp3) is 0.333. The molecule has 1 aliphatic heterocycles. The lowest BCUT2D eigenvalue weighted by Gasteiger charge is -2.22. The van der Waals surface area contributed by atoms with Gasteiger partial charge in [-0.25, -0.2) is 0 Å². The molecule has 4 heteroatoms. The van der Waals surface area contributed by atoms with Crippen molar-refractivity contribution in [1.29, 1.82) is 0 Å². The average Bonchev–Trinajstić information content (AvgIpc) is 2.39. The minimum Gasteiger partial charge on any atom is -0.360 e. The molecule has 0 aromatic heterocycles. The summed E-state index contributed by atoms with van der Waals surface area (Å²) in [7, 11) is 2.06. The zero-order valence-corrected chi connectivity index (χ0v) is 11.4. The third-order valence-electron chi connectivity index (χ3n) is 2.97. The Morgan fingerprint density at radius 3 is 2.68 bits per heavy atom. The van der Waals surface area contributed by atoms with Crippen molar-refractivity contribution in [1.82, 2.24) is 4.90 Å². The number of carbonyl (C=O) groups is 1. The topological polar surface area (TPSA) is 44.7 Å². The van der Waals surface area contributed by atoms with E-state index in [1.165, 1.54) is 6.92 Å². The van der Waals surface area contributed by atoms with Crippen LogP contribution in [-0.4, -0.2) is 36.8 Å². The molecule has 1 heterocycles. The Balaban J connectivity index is 2.03. The van der Waals surface area contributed by atoms with Gasteiger partial charge in [-0.15, -0.1) is 0 Å². The summed E-state index contributed by atoms with van der Waals surface area (Å²) in [5.74, 6) is 0.971. The number of nitrogens with zero attached hydrogens (tertiary/aromatic N) is 2. The molecule has 1 aromatic carbocycles. The molecular formula is C15H19N3O. The van der Waals surface area contributed by atoms with Crippen molar-refractivity contribution >= 4 is 23.5 Å². The molecule has 0 unspecified atom stereocenters. The van der Waals surface area contributed by atoms with Crippen molar-refractivity contribution in [3.63, 3.8) is 0 Å². The first-order valence-corrected chi connectivity index (χ1v) is 6.46. The van der Waals surface area contributed by atoms with E-state index in [9.17, 15) is 4.79 Å². The number of anilines is 1. The molecule has 0 spiro atoms. The van der Waals surface area contributed by atoms with Crippen LogP contribution in [0.5, 0.6) is 0 Å². The molecule has 100 valence electrons. The number of amidine groups is 1. The summed E-state index contributed by atoms with van der Waals surface area (Å²) in [5.41, 5.74) is 1.91. The maximum Gasteiger partial charge on any atom is 0.221 e. The first-order chi connectivity index (χ1) is 9.15. The lowest BCUT2D eigenvalue weighted by Crippen LogP contribution is -2.30. The van der Waals surface area contributed by atoms with E-state index in [0.29, 0.717) is 0 Å². The standard InChI is InChI=1S/C15H19N3O/c1-12(19)17-14-7-4-13(5-8-14)6-9-15-16-10-3-11-18(15)2/h4-9H,3,10-11H2,1-2H3,(H,17,19)/b9-6-. The molecule has 0 atom stereocenters. The van der Waals surface area contributed by atoms with E-state index in [1.807, 2.05) is 36.4 Å². The summed E-state index contributed by atoms with van der Waals surface area (Å²) >= 11 is 0. The minimum atomic E-state index is -0.0542. The molecule has 0 saturated heterocycles. The van der Waals surface area contributed by atoms with Gasteiger partial charge in [-0.1, -0.05) is 18.2 Å². The summed E-state index contributed by atoms with van der Waals surface area (Å²) in [6.07, 6.45) is 5.20. The first-order valence-electron chi connectivity index (χ1n) is 6.46. The predicted octanol–water partition coefficient (Wildman–Crippen LogP) is 2.39. The van der Waals surface area contributed by atoms with E-state index in [1.54, 1.807) is 0 Å². The molecule has 0 fully saturated rings. The van der Waals surface area contributed by atoms with Gasteiger partial charge < -0.3 is 10.2 Å². The Labute approximate surface area is 113 Å². The van der Waals surface area contributed by atoms with E-state index in [4.69, 9.17) is 0 Å². The van der Waals surface area contributed by atoms with E-state index >= 15 is 0 Å². The highest BCUT2D eigenvalue weighted by atomic mass is 16.1. The predicted molar refractivity (Wildman–Crippen MR) is 79.3 cm³/mol. The highest BCUT2D eigenvalue weighted by Crippen LogP contribution is 2.11. The highest BCUT2D eigenvalue weighted by Gasteiger charge is 2.06. The zero-order chi connectivity index (χ0) is 13.7. The van der Waals surface area contributed by atoms with Crippen molar-refractivity contribution in [2.45, 2.75) is 13.3 Å². The summed E-state index contributed by atoms with van der Waals surface area (Å²) in [6.45, 7) is 3.47. The lowest BCUT2D eigenvalue weighted by atomic mass is 10.2. The Morgan fingerprint density at radius 1 is 1.32 bits per heavy atom. The second-order valence-corrected chi connectivity index (χ2v) is 4.65. The maximum atomic E-state index is 10.9. The number of likely N-dealkylation sites (N-methyl/N-ethyl adjacent to an activating group) is 1. The maximum absolute atomic E-state index is 10.9. The SMILES string of the molecule is CC(=O)Nc1ccc(/C=C\C2=NCCCN2C)cc1. The zero-order valence-electron chi connectivity index (χ0n) is 11.4. The number of hydrogen-bond donors (Lipinski definition) is 1. The molecule has 0 radical (unpaired) electrons. The van der Waals surface area contributed by atoms with Gasteiger partial charge in [-0.2, -0.15) is 0 Å². The number of benzene rings is 1. The van der Waals surface area contributed by atoms with Crippen molar-refractivity contribution in [2.75, 3.05) is 25.5 Å². The van der Waals surface area contributed by atoms with Gasteiger partial charge in [0.2, 0.25) is 5.91 Å². The molecule has 0 bridgehead atoms. The van der Waals surface area contributed by atoms with Crippen LogP contribution < -0.4 is 5.32 Å². The van der Waals surface area contributed by atoms with Gasteiger partial charge >= 0.3 is 0 Å². The van der Waals surface area contributed by atoms with Crippen LogP contribution in [0.3, 0.4) is 0 Å². The molecular weight excluding hydrogens is 238 g/mol. The summed E-state index contributed by atoms with van der Waals surface area (Å²) in [4.78, 5) is 17.6. The van der Waals surface area contributed by atoms with Gasteiger partial charge in [0.25, 0.3) is 0 Å². The van der Waals surface area contributed by atoms with Crippen LogP contribution in [-0.2, 0) is 4.79 Å². The van der Waals surface area contributed by atoms with Crippen LogP contribution in [0.2, 0.25) is 0 Å². The fourth-order valence-corrected chi connectivity index (χ4v) is 1.97. The highest BCUT2D eigenvalue weighted by molar-refractivity contribution is 5.96. The number of rotatable bonds is 3. The average molecular weight is 257 g/mol. The third kappa shape index (κ3) is 3.95. The number of carbonyl (C=O) groups excluding carboxylic acids is 1. The summed E-state index contributed by atoms with van der Waals surface area (Å²) in [5, 5.41) is 2.75. The van der Waals surface area contributed by atoms with Gasteiger partial charge in [0.1, 0.15) is 5.84 Å². The van der Waals surface area contributed by atoms with Crippen LogP contribution in [0.15, 0.2) is 35.3 Å². The van der Waals surface area contributed by atoms with Crippen molar-refractivity contribution in [3.8, 4) is 0 Å². The second kappa shape index (κ2) is 6.18. The van der Waals surface area contributed by atoms with E-state index in [0.717, 1.165) is 36.6 Å². The first kappa shape index (κ1) is 13.3. The molecule has 1 aromatic rings. The number of hydrogen-bond acceptors (Lipinski definition) is 3.